The zero-order valence-electron chi connectivity index (χ0n) is 12.4. The van der Waals surface area contributed by atoms with Crippen molar-refractivity contribution in [1.82, 2.24) is 20.4 Å². The molecule has 6 heteroatoms. The van der Waals surface area contributed by atoms with Gasteiger partial charge in [0.25, 0.3) is 0 Å². The normalized spacial score (nSPS) is 10.8. The Morgan fingerprint density at radius 2 is 2.00 bits per heavy atom. The summed E-state index contributed by atoms with van der Waals surface area (Å²) in [5.41, 5.74) is 1.07. The predicted octanol–water partition coefficient (Wildman–Crippen LogP) is 1.34. The molecular formula is C15H20N4O2. The third-order valence-corrected chi connectivity index (χ3v) is 2.93. The van der Waals surface area contributed by atoms with Crippen molar-refractivity contribution in [3.8, 4) is 0 Å². The maximum absolute atomic E-state index is 11.8. The lowest BCUT2D eigenvalue weighted by molar-refractivity contribution is 0.0916. The Bertz CT molecular complexity index is 566. The molecule has 0 fully saturated rings. The van der Waals surface area contributed by atoms with E-state index in [0.717, 1.165) is 18.5 Å². The molecule has 0 aliphatic heterocycles. The Kier molecular flexibility index (Phi) is 5.45. The minimum atomic E-state index is -0.319. The van der Waals surface area contributed by atoms with Gasteiger partial charge in [-0.1, -0.05) is 30.3 Å². The van der Waals surface area contributed by atoms with E-state index in [1.54, 1.807) is 0 Å². The summed E-state index contributed by atoms with van der Waals surface area (Å²) < 4.78 is 5.38. The lowest BCUT2D eigenvalue weighted by Gasteiger charge is -2.08. The minimum absolute atomic E-state index is 0.0192. The van der Waals surface area contributed by atoms with E-state index in [1.807, 2.05) is 44.4 Å². The first-order valence-corrected chi connectivity index (χ1v) is 6.94. The van der Waals surface area contributed by atoms with Crippen LogP contribution in [0.5, 0.6) is 0 Å². The lowest BCUT2D eigenvalue weighted by Crippen LogP contribution is -2.27. The number of benzene rings is 1. The third-order valence-electron chi connectivity index (χ3n) is 2.93. The second-order valence-corrected chi connectivity index (χ2v) is 5.08. The van der Waals surface area contributed by atoms with E-state index in [4.69, 9.17) is 4.42 Å². The van der Waals surface area contributed by atoms with Crippen LogP contribution in [0.2, 0.25) is 0 Å². The molecule has 0 bridgehead atoms. The van der Waals surface area contributed by atoms with E-state index in [9.17, 15) is 4.79 Å². The summed E-state index contributed by atoms with van der Waals surface area (Å²) in [5.74, 6) is 0.144. The minimum Gasteiger partial charge on any atom is -0.417 e. The molecule has 0 atom stereocenters. The van der Waals surface area contributed by atoms with Gasteiger partial charge in [0.05, 0.1) is 6.42 Å². The third kappa shape index (κ3) is 5.00. The molecule has 1 N–H and O–H groups in total. The number of nitrogens with one attached hydrogen (secondary N) is 1. The molecule has 1 aromatic carbocycles. The first kappa shape index (κ1) is 15.2. The van der Waals surface area contributed by atoms with E-state index < -0.39 is 0 Å². The van der Waals surface area contributed by atoms with Gasteiger partial charge in [0, 0.05) is 6.54 Å². The van der Waals surface area contributed by atoms with Crippen molar-refractivity contribution in [3.63, 3.8) is 0 Å². The number of hydrogen-bond donors (Lipinski definition) is 1. The van der Waals surface area contributed by atoms with E-state index in [1.165, 1.54) is 0 Å². The summed E-state index contributed by atoms with van der Waals surface area (Å²) in [7, 11) is 3.99. The van der Waals surface area contributed by atoms with Crippen molar-refractivity contribution in [2.24, 2.45) is 0 Å². The number of aromatic nitrogens is 2. The Labute approximate surface area is 124 Å². The van der Waals surface area contributed by atoms with E-state index in [-0.39, 0.29) is 11.8 Å². The van der Waals surface area contributed by atoms with Crippen molar-refractivity contribution in [2.75, 3.05) is 27.2 Å². The second kappa shape index (κ2) is 7.54. The van der Waals surface area contributed by atoms with Crippen molar-refractivity contribution in [1.29, 1.82) is 0 Å². The molecule has 1 aromatic heterocycles. The summed E-state index contributed by atoms with van der Waals surface area (Å²) in [5, 5.41) is 10.5. The van der Waals surface area contributed by atoms with Gasteiger partial charge in [-0.3, -0.25) is 4.79 Å². The van der Waals surface area contributed by atoms with Gasteiger partial charge < -0.3 is 14.6 Å². The lowest BCUT2D eigenvalue weighted by atomic mass is 10.2. The molecule has 0 saturated carbocycles. The molecule has 1 amide bonds. The molecule has 0 spiro atoms. The van der Waals surface area contributed by atoms with E-state index in [0.29, 0.717) is 18.9 Å². The monoisotopic (exact) mass is 288 g/mol. The maximum atomic E-state index is 11.8. The number of amides is 1. The molecule has 112 valence electrons. The average molecular weight is 288 g/mol. The van der Waals surface area contributed by atoms with Crippen LogP contribution in [0.25, 0.3) is 0 Å². The number of rotatable bonds is 7. The Hall–Kier alpha value is -2.21. The van der Waals surface area contributed by atoms with Crippen LogP contribution in [0, 0.1) is 0 Å². The predicted molar refractivity (Wildman–Crippen MR) is 79.1 cm³/mol. The van der Waals surface area contributed by atoms with Gasteiger partial charge in [-0.05, 0) is 32.6 Å². The fourth-order valence-corrected chi connectivity index (χ4v) is 1.86. The summed E-state index contributed by atoms with van der Waals surface area (Å²) >= 11 is 0. The highest BCUT2D eigenvalue weighted by molar-refractivity contribution is 5.89. The van der Waals surface area contributed by atoms with Gasteiger partial charge in [0.2, 0.25) is 5.89 Å². The number of nitrogens with zero attached hydrogens (tertiary/aromatic N) is 3. The zero-order chi connectivity index (χ0) is 15.1. The molecule has 0 aliphatic rings. The van der Waals surface area contributed by atoms with Crippen LogP contribution in [0.1, 0.15) is 28.6 Å². The standard InChI is InChI=1S/C15H20N4O2/c1-19(2)10-6-9-16-14(20)15-18-17-13(21-15)11-12-7-4-3-5-8-12/h3-5,7-8H,6,9-11H2,1-2H3,(H,16,20). The molecule has 6 nitrogen and oxygen atoms in total. The number of carbonyl (C=O) groups is 1. The summed E-state index contributed by atoms with van der Waals surface area (Å²) in [4.78, 5) is 13.9. The highest BCUT2D eigenvalue weighted by Crippen LogP contribution is 2.08. The topological polar surface area (TPSA) is 71.3 Å². The molecule has 0 saturated heterocycles. The first-order chi connectivity index (χ1) is 10.1. The largest absolute Gasteiger partial charge is 0.417 e. The maximum Gasteiger partial charge on any atom is 0.308 e. The summed E-state index contributed by atoms with van der Waals surface area (Å²) in [6.07, 6.45) is 1.41. The number of carbonyl (C=O) groups excluding carboxylic acids is 1. The molecule has 0 radical (unpaired) electrons. The number of hydrogen-bond acceptors (Lipinski definition) is 5. The van der Waals surface area contributed by atoms with Gasteiger partial charge >= 0.3 is 11.8 Å². The van der Waals surface area contributed by atoms with Gasteiger partial charge in [-0.25, -0.2) is 0 Å². The van der Waals surface area contributed by atoms with E-state index >= 15 is 0 Å². The second-order valence-electron chi connectivity index (χ2n) is 5.08. The molecule has 2 aromatic rings. The average Bonchev–Trinajstić information content (AvgIpc) is 2.93. The van der Waals surface area contributed by atoms with Gasteiger partial charge in [0.1, 0.15) is 0 Å². The van der Waals surface area contributed by atoms with Crippen molar-refractivity contribution in [3.05, 3.63) is 47.7 Å². The van der Waals surface area contributed by atoms with Gasteiger partial charge in [-0.2, -0.15) is 0 Å². The summed E-state index contributed by atoms with van der Waals surface area (Å²) in [6, 6.07) is 9.80. The highest BCUT2D eigenvalue weighted by atomic mass is 16.4. The van der Waals surface area contributed by atoms with Crippen LogP contribution < -0.4 is 5.32 Å². The fraction of sp³-hybridized carbons (Fsp3) is 0.400. The van der Waals surface area contributed by atoms with E-state index in [2.05, 4.69) is 20.4 Å². The smallest absolute Gasteiger partial charge is 0.308 e. The van der Waals surface area contributed by atoms with Crippen LogP contribution in [0.15, 0.2) is 34.7 Å². The van der Waals surface area contributed by atoms with Crippen molar-refractivity contribution >= 4 is 5.91 Å². The van der Waals surface area contributed by atoms with Crippen molar-refractivity contribution in [2.45, 2.75) is 12.8 Å². The van der Waals surface area contributed by atoms with Gasteiger partial charge in [0.15, 0.2) is 0 Å². The molecule has 2 rings (SSSR count). The van der Waals surface area contributed by atoms with Crippen LogP contribution in [0.3, 0.4) is 0 Å². The molecule has 1 heterocycles. The first-order valence-electron chi connectivity index (χ1n) is 6.94. The summed E-state index contributed by atoms with van der Waals surface area (Å²) in [6.45, 7) is 1.51. The quantitative estimate of drug-likeness (QED) is 0.779. The Balaban J connectivity index is 1.83. The molecular weight excluding hydrogens is 268 g/mol. The Morgan fingerprint density at radius 3 is 2.71 bits per heavy atom. The SMILES string of the molecule is CN(C)CCCNC(=O)c1nnc(Cc2ccccc2)o1. The highest BCUT2D eigenvalue weighted by Gasteiger charge is 2.14. The van der Waals surface area contributed by atoms with Crippen molar-refractivity contribution < 1.29 is 9.21 Å². The molecule has 0 unspecified atom stereocenters. The van der Waals surface area contributed by atoms with Crippen LogP contribution in [-0.2, 0) is 6.42 Å². The molecule has 21 heavy (non-hydrogen) atoms. The Morgan fingerprint density at radius 1 is 1.24 bits per heavy atom. The fourth-order valence-electron chi connectivity index (χ4n) is 1.86. The van der Waals surface area contributed by atoms with Gasteiger partial charge in [-0.15, -0.1) is 10.2 Å². The zero-order valence-corrected chi connectivity index (χ0v) is 12.4. The van der Waals surface area contributed by atoms with Crippen LogP contribution in [0.4, 0.5) is 0 Å². The van der Waals surface area contributed by atoms with Crippen LogP contribution >= 0.6 is 0 Å². The van der Waals surface area contributed by atoms with Crippen LogP contribution in [-0.4, -0.2) is 48.2 Å². The molecule has 0 aliphatic carbocycles.